The second-order valence-corrected chi connectivity index (χ2v) is 9.02. The van der Waals surface area contributed by atoms with E-state index in [1.807, 2.05) is 6.92 Å². The fraction of sp³-hybridized carbons (Fsp3) is 0.765. The van der Waals surface area contributed by atoms with Gasteiger partial charge in [0.05, 0.1) is 10.7 Å². The normalized spacial score (nSPS) is 28.0. The fourth-order valence-electron chi connectivity index (χ4n) is 4.16. The van der Waals surface area contributed by atoms with E-state index in [2.05, 4.69) is 22.6 Å². The number of thiazole rings is 1. The highest BCUT2D eigenvalue weighted by Gasteiger charge is 2.41. The van der Waals surface area contributed by atoms with Gasteiger partial charge < -0.3 is 5.32 Å². The van der Waals surface area contributed by atoms with Crippen molar-refractivity contribution in [3.63, 3.8) is 0 Å². The summed E-state index contributed by atoms with van der Waals surface area (Å²) in [5, 5.41) is 6.47. The highest BCUT2D eigenvalue weighted by atomic mass is 32.2. The van der Waals surface area contributed by atoms with Gasteiger partial charge in [0.2, 0.25) is 5.91 Å². The van der Waals surface area contributed by atoms with Gasteiger partial charge in [0.1, 0.15) is 0 Å². The first-order valence-electron chi connectivity index (χ1n) is 8.40. The smallest absolute Gasteiger partial charge is 0.221 e. The Morgan fingerprint density at radius 3 is 3.00 bits per heavy atom. The lowest BCUT2D eigenvalue weighted by atomic mass is 9.84. The first kappa shape index (κ1) is 16.3. The number of aromatic nitrogens is 1. The third-order valence-corrected chi connectivity index (χ3v) is 7.03. The molecule has 2 fully saturated rings. The Kier molecular flexibility index (Phi) is 5.45. The van der Waals surface area contributed by atoms with Crippen molar-refractivity contribution in [1.82, 2.24) is 10.3 Å². The predicted octanol–water partition coefficient (Wildman–Crippen LogP) is 4.02. The monoisotopic (exact) mass is 338 g/mol. The van der Waals surface area contributed by atoms with Crippen LogP contribution in [0.25, 0.3) is 0 Å². The van der Waals surface area contributed by atoms with E-state index in [9.17, 15) is 4.79 Å². The second-order valence-electron chi connectivity index (χ2n) is 6.86. The van der Waals surface area contributed by atoms with Gasteiger partial charge in [-0.25, -0.2) is 4.98 Å². The number of hydrogen-bond acceptors (Lipinski definition) is 4. The molecule has 122 valence electrons. The molecule has 2 bridgehead atoms. The standard InChI is InChI=1S/C17H26N2OS2/c1-11(16-8-13-3-4-14(16)7-13)18-17(20)5-6-21-9-15-10-22-12(2)19-15/h10-11,13-14,16H,3-9H2,1-2H3,(H,18,20)/t11-,13+,14+,16+/m1/s1. The van der Waals surface area contributed by atoms with E-state index >= 15 is 0 Å². The topological polar surface area (TPSA) is 42.0 Å². The molecule has 0 radical (unpaired) electrons. The van der Waals surface area contributed by atoms with Gasteiger partial charge in [0.25, 0.3) is 0 Å². The number of rotatable bonds is 7. The molecule has 3 nitrogen and oxygen atoms in total. The van der Waals surface area contributed by atoms with Crippen molar-refractivity contribution in [3.05, 3.63) is 16.1 Å². The van der Waals surface area contributed by atoms with Crippen LogP contribution in [0.2, 0.25) is 0 Å². The number of nitrogens with zero attached hydrogens (tertiary/aromatic N) is 1. The van der Waals surface area contributed by atoms with E-state index in [-0.39, 0.29) is 5.91 Å². The summed E-state index contributed by atoms with van der Waals surface area (Å²) in [4.78, 5) is 16.5. The molecule has 5 heteroatoms. The Bertz CT molecular complexity index is 517. The van der Waals surface area contributed by atoms with Crippen LogP contribution in [0.5, 0.6) is 0 Å². The zero-order valence-electron chi connectivity index (χ0n) is 13.5. The molecule has 1 aromatic rings. The van der Waals surface area contributed by atoms with Crippen LogP contribution in [0.4, 0.5) is 0 Å². The van der Waals surface area contributed by atoms with Gasteiger partial charge in [-0.1, -0.05) is 6.42 Å². The summed E-state index contributed by atoms with van der Waals surface area (Å²) in [6.07, 6.45) is 6.18. The number of fused-ring (bicyclic) bond motifs is 2. The predicted molar refractivity (Wildman–Crippen MR) is 94.2 cm³/mol. The molecule has 1 N–H and O–H groups in total. The van der Waals surface area contributed by atoms with Crippen LogP contribution in [0, 0.1) is 24.7 Å². The third-order valence-electron chi connectivity index (χ3n) is 5.21. The number of aryl methyl sites for hydroxylation is 1. The first-order valence-corrected chi connectivity index (χ1v) is 10.4. The lowest BCUT2D eigenvalue weighted by molar-refractivity contribution is -0.121. The molecule has 1 heterocycles. The van der Waals surface area contributed by atoms with Gasteiger partial charge in [0, 0.05) is 29.3 Å². The molecular weight excluding hydrogens is 312 g/mol. The average molecular weight is 339 g/mol. The maximum absolute atomic E-state index is 12.1. The average Bonchev–Trinajstić information content (AvgIpc) is 3.20. The summed E-state index contributed by atoms with van der Waals surface area (Å²) < 4.78 is 0. The van der Waals surface area contributed by atoms with Crippen molar-refractivity contribution in [3.8, 4) is 0 Å². The Balaban J connectivity index is 1.32. The largest absolute Gasteiger partial charge is 0.353 e. The van der Waals surface area contributed by atoms with Crippen molar-refractivity contribution in [2.75, 3.05) is 5.75 Å². The number of hydrogen-bond donors (Lipinski definition) is 1. The van der Waals surface area contributed by atoms with E-state index < -0.39 is 0 Å². The van der Waals surface area contributed by atoms with Gasteiger partial charge in [-0.2, -0.15) is 11.8 Å². The SMILES string of the molecule is Cc1nc(CSCCC(=O)N[C@H](C)[C@@H]2C[C@H]3CC[C@H]2C3)cs1. The number of amides is 1. The van der Waals surface area contributed by atoms with E-state index in [1.165, 1.54) is 25.7 Å². The summed E-state index contributed by atoms with van der Waals surface area (Å²) >= 11 is 3.50. The first-order chi connectivity index (χ1) is 10.6. The van der Waals surface area contributed by atoms with Gasteiger partial charge >= 0.3 is 0 Å². The second kappa shape index (κ2) is 7.35. The van der Waals surface area contributed by atoms with E-state index in [4.69, 9.17) is 0 Å². The summed E-state index contributed by atoms with van der Waals surface area (Å²) in [5.41, 5.74) is 1.14. The van der Waals surface area contributed by atoms with E-state index in [0.29, 0.717) is 12.5 Å². The molecule has 3 rings (SSSR count). The van der Waals surface area contributed by atoms with Crippen molar-refractivity contribution < 1.29 is 4.79 Å². The number of carbonyl (C=O) groups is 1. The minimum absolute atomic E-state index is 0.220. The molecule has 1 amide bonds. The van der Waals surface area contributed by atoms with Crippen LogP contribution in [0.3, 0.4) is 0 Å². The Hall–Kier alpha value is -0.550. The zero-order chi connectivity index (χ0) is 15.5. The van der Waals surface area contributed by atoms with Crippen molar-refractivity contribution in [2.45, 2.75) is 57.7 Å². The maximum Gasteiger partial charge on any atom is 0.221 e. The summed E-state index contributed by atoms with van der Waals surface area (Å²) in [6, 6.07) is 0.356. The summed E-state index contributed by atoms with van der Waals surface area (Å²) in [6.45, 7) is 4.23. The molecule has 2 saturated carbocycles. The van der Waals surface area contributed by atoms with Crippen molar-refractivity contribution in [2.24, 2.45) is 17.8 Å². The van der Waals surface area contributed by atoms with Crippen LogP contribution in [0.15, 0.2) is 5.38 Å². The molecule has 22 heavy (non-hydrogen) atoms. The molecule has 1 aromatic heterocycles. The Morgan fingerprint density at radius 2 is 2.36 bits per heavy atom. The van der Waals surface area contributed by atoms with E-state index in [0.717, 1.165) is 40.0 Å². The number of carbonyl (C=O) groups excluding carboxylic acids is 1. The van der Waals surface area contributed by atoms with Crippen molar-refractivity contribution >= 4 is 29.0 Å². The number of nitrogens with one attached hydrogen (secondary N) is 1. The molecular formula is C17H26N2OS2. The van der Waals surface area contributed by atoms with E-state index in [1.54, 1.807) is 23.1 Å². The highest BCUT2D eigenvalue weighted by molar-refractivity contribution is 7.98. The highest BCUT2D eigenvalue weighted by Crippen LogP contribution is 2.49. The molecule has 2 aliphatic carbocycles. The minimum Gasteiger partial charge on any atom is -0.353 e. The third kappa shape index (κ3) is 4.05. The van der Waals surface area contributed by atoms with Crippen LogP contribution in [0.1, 0.15) is 49.7 Å². The van der Waals surface area contributed by atoms with Crippen LogP contribution in [-0.2, 0) is 10.5 Å². The molecule has 0 spiro atoms. The molecule has 0 unspecified atom stereocenters. The molecule has 0 aliphatic heterocycles. The number of thioether (sulfide) groups is 1. The summed E-state index contributed by atoms with van der Waals surface area (Å²) in [7, 11) is 0. The van der Waals surface area contributed by atoms with Gasteiger partial charge in [0.15, 0.2) is 0 Å². The Morgan fingerprint density at radius 1 is 1.50 bits per heavy atom. The molecule has 2 aliphatic rings. The molecule has 0 aromatic carbocycles. The van der Waals surface area contributed by atoms with Crippen LogP contribution >= 0.6 is 23.1 Å². The fourth-order valence-corrected chi connectivity index (χ4v) is 5.70. The van der Waals surface area contributed by atoms with Crippen LogP contribution < -0.4 is 5.32 Å². The lowest BCUT2D eigenvalue weighted by Crippen LogP contribution is -2.40. The molecule has 0 saturated heterocycles. The van der Waals surface area contributed by atoms with Crippen LogP contribution in [-0.4, -0.2) is 22.7 Å². The quantitative estimate of drug-likeness (QED) is 0.764. The lowest BCUT2D eigenvalue weighted by Gasteiger charge is -2.28. The maximum atomic E-state index is 12.1. The zero-order valence-corrected chi connectivity index (χ0v) is 15.1. The molecule has 4 atom stereocenters. The van der Waals surface area contributed by atoms with Gasteiger partial charge in [-0.15, -0.1) is 11.3 Å². The minimum atomic E-state index is 0.220. The van der Waals surface area contributed by atoms with Crippen molar-refractivity contribution in [1.29, 1.82) is 0 Å². The van der Waals surface area contributed by atoms with Gasteiger partial charge in [-0.05, 0) is 50.9 Å². The Labute approximate surface area is 141 Å². The van der Waals surface area contributed by atoms with Gasteiger partial charge in [-0.3, -0.25) is 4.79 Å². The summed E-state index contributed by atoms with van der Waals surface area (Å²) in [5.74, 6) is 4.57.